The Bertz CT molecular complexity index is 650. The lowest BCUT2D eigenvalue weighted by molar-refractivity contribution is 0.00578. The number of hydrogen-bond acceptors (Lipinski definition) is 7. The number of nitrogens with zero attached hydrogens (tertiary/aromatic N) is 4. The molecule has 2 aliphatic rings. The van der Waals surface area contributed by atoms with Crippen molar-refractivity contribution in [1.82, 2.24) is 14.9 Å². The molecule has 1 aromatic heterocycles. The van der Waals surface area contributed by atoms with Crippen molar-refractivity contribution < 1.29 is 14.4 Å². The summed E-state index contributed by atoms with van der Waals surface area (Å²) < 4.78 is 12.2. The molecule has 1 N–H and O–H groups in total. The molecule has 7 nitrogen and oxygen atoms in total. The molecule has 0 amide bonds. The Morgan fingerprint density at radius 3 is 2.34 bits per heavy atom. The van der Waals surface area contributed by atoms with E-state index in [4.69, 9.17) is 9.31 Å². The number of piperidine rings is 1. The van der Waals surface area contributed by atoms with Crippen molar-refractivity contribution in [2.45, 2.75) is 84.1 Å². The van der Waals surface area contributed by atoms with Gasteiger partial charge in [0, 0.05) is 43.0 Å². The van der Waals surface area contributed by atoms with Crippen LogP contribution in [0.4, 0.5) is 5.95 Å². The summed E-state index contributed by atoms with van der Waals surface area (Å²) in [6.45, 7) is 15.4. The molecule has 3 rings (SSSR count). The van der Waals surface area contributed by atoms with Gasteiger partial charge in [-0.25, -0.2) is 9.97 Å². The lowest BCUT2D eigenvalue weighted by atomic mass is 9.81. The largest absolute Gasteiger partial charge is 0.498 e. The third kappa shape index (κ3) is 4.93. The fourth-order valence-electron chi connectivity index (χ4n) is 4.02. The topological polar surface area (TPSA) is 71.0 Å². The van der Waals surface area contributed by atoms with Gasteiger partial charge in [-0.1, -0.05) is 6.42 Å². The number of hydrogen-bond donors (Lipinski definition) is 1. The first-order valence-electron chi connectivity index (χ1n) is 10.9. The van der Waals surface area contributed by atoms with Crippen molar-refractivity contribution in [2.24, 2.45) is 0 Å². The van der Waals surface area contributed by atoms with Gasteiger partial charge in [-0.3, -0.25) is 4.90 Å². The summed E-state index contributed by atoms with van der Waals surface area (Å²) in [5.41, 5.74) is 0.0882. The molecule has 0 saturated carbocycles. The van der Waals surface area contributed by atoms with E-state index in [9.17, 15) is 5.11 Å². The van der Waals surface area contributed by atoms with E-state index in [2.05, 4.69) is 33.6 Å². The average Bonchev–Trinajstić information content (AvgIpc) is 2.88. The van der Waals surface area contributed by atoms with Crippen LogP contribution in [0.1, 0.15) is 60.8 Å². The van der Waals surface area contributed by atoms with E-state index < -0.39 is 7.12 Å². The lowest BCUT2D eigenvalue weighted by Gasteiger charge is -2.39. The van der Waals surface area contributed by atoms with Crippen molar-refractivity contribution in [2.75, 3.05) is 31.1 Å². The molecule has 162 valence electrons. The minimum absolute atomic E-state index is 0.206. The molecular weight excluding hydrogens is 367 g/mol. The molecule has 0 spiro atoms. The molecule has 1 atom stereocenters. The molecule has 0 bridgehead atoms. The number of rotatable bonds is 7. The average molecular weight is 404 g/mol. The normalized spacial score (nSPS) is 24.3. The van der Waals surface area contributed by atoms with Gasteiger partial charge in [0.1, 0.15) is 0 Å². The molecule has 3 heterocycles. The number of aromatic nitrogens is 2. The molecule has 2 aliphatic heterocycles. The summed E-state index contributed by atoms with van der Waals surface area (Å²) in [6.07, 6.45) is 7.24. The first-order valence-corrected chi connectivity index (χ1v) is 10.9. The Hall–Kier alpha value is -1.22. The molecule has 1 aromatic rings. The highest BCUT2D eigenvalue weighted by molar-refractivity contribution is 6.61. The van der Waals surface area contributed by atoms with Crippen LogP contribution in [0.3, 0.4) is 0 Å². The monoisotopic (exact) mass is 404 g/mol. The van der Waals surface area contributed by atoms with Crippen LogP contribution in [0.2, 0.25) is 0 Å². The lowest BCUT2D eigenvalue weighted by Crippen LogP contribution is -2.50. The fraction of sp³-hybridized carbons (Fsp3) is 0.810. The number of likely N-dealkylation sites (tertiary alicyclic amines) is 1. The van der Waals surface area contributed by atoms with Gasteiger partial charge >= 0.3 is 7.12 Å². The van der Waals surface area contributed by atoms with E-state index in [0.29, 0.717) is 6.04 Å². The van der Waals surface area contributed by atoms with Gasteiger partial charge in [-0.2, -0.15) is 0 Å². The second-order valence-electron chi connectivity index (χ2n) is 9.56. The molecule has 0 radical (unpaired) electrons. The van der Waals surface area contributed by atoms with Gasteiger partial charge in [-0.15, -0.1) is 0 Å². The van der Waals surface area contributed by atoms with E-state index >= 15 is 0 Å². The molecule has 0 aromatic carbocycles. The Morgan fingerprint density at radius 1 is 1.17 bits per heavy atom. The van der Waals surface area contributed by atoms with Crippen molar-refractivity contribution in [3.05, 3.63) is 12.4 Å². The minimum atomic E-state index is -0.444. The van der Waals surface area contributed by atoms with Crippen molar-refractivity contribution in [1.29, 1.82) is 0 Å². The highest BCUT2D eigenvalue weighted by atomic mass is 16.7. The number of aliphatic hydroxyl groups excluding tert-OH is 1. The van der Waals surface area contributed by atoms with Crippen LogP contribution in [0, 0.1) is 0 Å². The highest BCUT2D eigenvalue weighted by Gasteiger charge is 2.52. The first-order chi connectivity index (χ1) is 13.6. The Labute approximate surface area is 175 Å². The molecule has 0 aliphatic carbocycles. The molecule has 29 heavy (non-hydrogen) atoms. The van der Waals surface area contributed by atoms with E-state index in [0.717, 1.165) is 37.5 Å². The summed E-state index contributed by atoms with van der Waals surface area (Å²) in [5, 5.41) is 9.40. The summed E-state index contributed by atoms with van der Waals surface area (Å²) >= 11 is 0. The van der Waals surface area contributed by atoms with Crippen LogP contribution in [0.25, 0.3) is 0 Å². The Morgan fingerprint density at radius 2 is 1.79 bits per heavy atom. The first kappa shape index (κ1) is 22.5. The van der Waals surface area contributed by atoms with Crippen LogP contribution in [0.15, 0.2) is 12.4 Å². The van der Waals surface area contributed by atoms with Crippen LogP contribution in [-0.2, 0) is 9.31 Å². The predicted molar refractivity (Wildman–Crippen MR) is 117 cm³/mol. The maximum Gasteiger partial charge on any atom is 0.498 e. The van der Waals surface area contributed by atoms with Gasteiger partial charge in [0.2, 0.25) is 5.95 Å². The van der Waals surface area contributed by atoms with Gasteiger partial charge in [0.25, 0.3) is 0 Å². The third-order valence-corrected chi connectivity index (χ3v) is 6.61. The quantitative estimate of drug-likeness (QED) is 0.696. The van der Waals surface area contributed by atoms with E-state index in [1.54, 1.807) is 0 Å². The zero-order chi connectivity index (χ0) is 21.2. The van der Waals surface area contributed by atoms with Crippen molar-refractivity contribution in [3.63, 3.8) is 0 Å². The van der Waals surface area contributed by atoms with E-state index in [1.807, 2.05) is 40.1 Å². The zero-order valence-corrected chi connectivity index (χ0v) is 18.9. The maximum atomic E-state index is 9.40. The van der Waals surface area contributed by atoms with Crippen LogP contribution in [0.5, 0.6) is 0 Å². The number of anilines is 1. The van der Waals surface area contributed by atoms with Gasteiger partial charge < -0.3 is 19.3 Å². The fourth-order valence-corrected chi connectivity index (χ4v) is 4.02. The van der Waals surface area contributed by atoms with Crippen molar-refractivity contribution in [3.8, 4) is 0 Å². The number of aliphatic hydroxyl groups is 1. The van der Waals surface area contributed by atoms with Crippen LogP contribution >= 0.6 is 0 Å². The van der Waals surface area contributed by atoms with Gasteiger partial charge in [-0.05, 0) is 60.9 Å². The Balaban J connectivity index is 1.72. The number of β-amino-alcohol motifs (C(OH)–C–C–N with tert-alkyl or cyclic N) is 1. The second kappa shape index (κ2) is 8.88. The predicted octanol–water partition coefficient (Wildman–Crippen LogP) is 1.84. The minimum Gasteiger partial charge on any atom is -0.399 e. The molecule has 2 saturated heterocycles. The molecule has 2 fully saturated rings. The van der Waals surface area contributed by atoms with Gasteiger partial charge in [0.05, 0.1) is 17.8 Å². The second-order valence-corrected chi connectivity index (χ2v) is 9.56. The summed E-state index contributed by atoms with van der Waals surface area (Å²) in [4.78, 5) is 14.0. The van der Waals surface area contributed by atoms with E-state index in [1.165, 1.54) is 12.8 Å². The third-order valence-electron chi connectivity index (χ3n) is 6.61. The molecule has 8 heteroatoms. The zero-order valence-electron chi connectivity index (χ0n) is 18.9. The smallest absolute Gasteiger partial charge is 0.399 e. The standard InChI is InChI=1S/C21H37BN4O3/c1-16(2)26(15-18-9-7-8-10-25(18)11-12-27)19-23-13-17(14-24-19)22-28-20(3,4)21(5,6)29-22/h13-14,16,18,27H,7-12,15H2,1-6H3/t18-/m1/s1. The summed E-state index contributed by atoms with van der Waals surface area (Å²) in [6, 6.07) is 0.709. The van der Waals surface area contributed by atoms with Gasteiger partial charge in [0.15, 0.2) is 0 Å². The van der Waals surface area contributed by atoms with E-state index in [-0.39, 0.29) is 23.9 Å². The van der Waals surface area contributed by atoms with Crippen LogP contribution in [-0.4, -0.2) is 76.6 Å². The Kier molecular flexibility index (Phi) is 6.88. The summed E-state index contributed by atoms with van der Waals surface area (Å²) in [5.74, 6) is 0.731. The highest BCUT2D eigenvalue weighted by Crippen LogP contribution is 2.36. The molecular formula is C21H37BN4O3. The summed E-state index contributed by atoms with van der Waals surface area (Å²) in [7, 11) is -0.444. The van der Waals surface area contributed by atoms with Crippen molar-refractivity contribution >= 4 is 18.5 Å². The van der Waals surface area contributed by atoms with Crippen LogP contribution < -0.4 is 10.4 Å². The molecule has 0 unspecified atom stereocenters. The SMILES string of the molecule is CC(C)N(C[C@H]1CCCCN1CCO)c1ncc(B2OC(C)(C)C(C)(C)O2)cn1. The maximum absolute atomic E-state index is 9.40.